The number of hydrogen-bond acceptors (Lipinski definition) is 2. The molecular formula is C6H10N2O2. The number of carbonyl (C=O) groups excluding carboxylic acids is 2. The Kier molecular flexibility index (Phi) is 1.89. The zero-order valence-corrected chi connectivity index (χ0v) is 5.59. The van der Waals surface area contributed by atoms with Crippen molar-refractivity contribution >= 4 is 11.8 Å². The van der Waals surface area contributed by atoms with Gasteiger partial charge in [-0.1, -0.05) is 0 Å². The van der Waals surface area contributed by atoms with Crippen LogP contribution in [0.2, 0.25) is 0 Å². The Morgan fingerprint density at radius 2 is 2.40 bits per heavy atom. The van der Waals surface area contributed by atoms with Gasteiger partial charge in [-0.15, -0.1) is 0 Å². The first-order valence-corrected chi connectivity index (χ1v) is 3.26. The van der Waals surface area contributed by atoms with E-state index in [-0.39, 0.29) is 17.7 Å². The monoisotopic (exact) mass is 142 g/mol. The predicted octanol–water partition coefficient (Wildman–Crippen LogP) is -1.00. The Morgan fingerprint density at radius 1 is 1.70 bits per heavy atom. The molecule has 2 amide bonds. The third kappa shape index (κ3) is 1.46. The highest BCUT2D eigenvalue weighted by Crippen LogP contribution is 2.08. The molecule has 1 heterocycles. The summed E-state index contributed by atoms with van der Waals surface area (Å²) in [5.74, 6) is -0.463. The molecule has 1 unspecified atom stereocenters. The molecule has 1 rings (SSSR count). The van der Waals surface area contributed by atoms with Crippen LogP contribution in [0, 0.1) is 5.92 Å². The maximum Gasteiger partial charge on any atom is 0.222 e. The zero-order chi connectivity index (χ0) is 7.56. The standard InChI is InChI=1S/C6H10N2O2/c7-6(10)4-1-2-5(9)8-3-4/h4H,1-3H2,(H2,7,10)(H,8,9). The van der Waals surface area contributed by atoms with Gasteiger partial charge in [-0.2, -0.15) is 0 Å². The number of hydrogen-bond donors (Lipinski definition) is 2. The van der Waals surface area contributed by atoms with E-state index >= 15 is 0 Å². The van der Waals surface area contributed by atoms with Gasteiger partial charge in [0, 0.05) is 13.0 Å². The molecule has 1 aliphatic rings. The summed E-state index contributed by atoms with van der Waals surface area (Å²) in [6.07, 6.45) is 1.02. The molecule has 0 aliphatic carbocycles. The summed E-state index contributed by atoms with van der Waals surface area (Å²) in [7, 11) is 0. The number of carbonyl (C=O) groups is 2. The summed E-state index contributed by atoms with van der Waals surface area (Å²) in [5, 5.41) is 2.57. The molecule has 0 aromatic heterocycles. The van der Waals surface area contributed by atoms with Crippen molar-refractivity contribution in [3.8, 4) is 0 Å². The van der Waals surface area contributed by atoms with Crippen molar-refractivity contribution in [3.05, 3.63) is 0 Å². The Balaban J connectivity index is 2.40. The second kappa shape index (κ2) is 2.68. The van der Waals surface area contributed by atoms with Gasteiger partial charge in [-0.05, 0) is 6.42 Å². The van der Waals surface area contributed by atoms with E-state index in [0.29, 0.717) is 19.4 Å². The van der Waals surface area contributed by atoms with Crippen LogP contribution in [0.25, 0.3) is 0 Å². The highest BCUT2D eigenvalue weighted by molar-refractivity contribution is 5.82. The summed E-state index contributed by atoms with van der Waals surface area (Å²) in [6.45, 7) is 0.411. The van der Waals surface area contributed by atoms with Crippen molar-refractivity contribution in [2.45, 2.75) is 12.8 Å². The van der Waals surface area contributed by atoms with Crippen molar-refractivity contribution in [1.82, 2.24) is 5.32 Å². The van der Waals surface area contributed by atoms with E-state index in [4.69, 9.17) is 5.73 Å². The predicted molar refractivity (Wildman–Crippen MR) is 34.9 cm³/mol. The summed E-state index contributed by atoms with van der Waals surface area (Å²) in [4.78, 5) is 21.1. The highest BCUT2D eigenvalue weighted by Gasteiger charge is 2.21. The second-order valence-electron chi connectivity index (χ2n) is 2.44. The van der Waals surface area contributed by atoms with Gasteiger partial charge in [-0.25, -0.2) is 0 Å². The largest absolute Gasteiger partial charge is 0.369 e. The average molecular weight is 142 g/mol. The molecule has 4 nitrogen and oxygen atoms in total. The van der Waals surface area contributed by atoms with E-state index < -0.39 is 0 Å². The van der Waals surface area contributed by atoms with Crippen LogP contribution >= 0.6 is 0 Å². The third-order valence-corrected chi connectivity index (χ3v) is 1.67. The van der Waals surface area contributed by atoms with Crippen LogP contribution in [0.3, 0.4) is 0 Å². The van der Waals surface area contributed by atoms with Crippen molar-refractivity contribution in [1.29, 1.82) is 0 Å². The number of piperidine rings is 1. The third-order valence-electron chi connectivity index (χ3n) is 1.67. The number of amides is 2. The van der Waals surface area contributed by atoms with E-state index in [1.165, 1.54) is 0 Å². The smallest absolute Gasteiger partial charge is 0.222 e. The van der Waals surface area contributed by atoms with Gasteiger partial charge in [0.15, 0.2) is 0 Å². The summed E-state index contributed by atoms with van der Waals surface area (Å²) in [5.41, 5.74) is 5.02. The lowest BCUT2D eigenvalue weighted by molar-refractivity contribution is -0.127. The molecule has 1 aliphatic heterocycles. The van der Waals surface area contributed by atoms with Gasteiger partial charge in [0.25, 0.3) is 0 Å². The lowest BCUT2D eigenvalue weighted by atomic mass is 9.99. The Labute approximate surface area is 58.8 Å². The fourth-order valence-corrected chi connectivity index (χ4v) is 0.976. The molecule has 0 aromatic rings. The van der Waals surface area contributed by atoms with Crippen LogP contribution < -0.4 is 11.1 Å². The van der Waals surface area contributed by atoms with Crippen molar-refractivity contribution in [2.24, 2.45) is 11.7 Å². The lowest BCUT2D eigenvalue weighted by Gasteiger charge is -2.18. The quantitative estimate of drug-likeness (QED) is 0.492. The molecule has 0 spiro atoms. The summed E-state index contributed by atoms with van der Waals surface area (Å²) < 4.78 is 0. The Morgan fingerprint density at radius 3 is 2.80 bits per heavy atom. The normalized spacial score (nSPS) is 25.6. The minimum Gasteiger partial charge on any atom is -0.369 e. The minimum absolute atomic E-state index is 0.0116. The molecule has 0 aromatic carbocycles. The van der Waals surface area contributed by atoms with E-state index in [2.05, 4.69) is 5.32 Å². The fraction of sp³-hybridized carbons (Fsp3) is 0.667. The van der Waals surface area contributed by atoms with E-state index in [9.17, 15) is 9.59 Å². The Hall–Kier alpha value is -1.06. The highest BCUT2D eigenvalue weighted by atomic mass is 16.2. The molecule has 0 radical (unpaired) electrons. The molecule has 1 fully saturated rings. The number of nitrogens with two attached hydrogens (primary N) is 1. The molecule has 0 saturated carbocycles. The SMILES string of the molecule is NC(=O)C1CCC(=O)NC1. The van der Waals surface area contributed by atoms with Gasteiger partial charge < -0.3 is 11.1 Å². The van der Waals surface area contributed by atoms with Gasteiger partial charge in [-0.3, -0.25) is 9.59 Å². The molecule has 1 atom stereocenters. The van der Waals surface area contributed by atoms with E-state index in [1.807, 2.05) is 0 Å². The summed E-state index contributed by atoms with van der Waals surface area (Å²) >= 11 is 0. The number of rotatable bonds is 1. The molecule has 1 saturated heterocycles. The van der Waals surface area contributed by atoms with E-state index in [1.54, 1.807) is 0 Å². The first-order chi connectivity index (χ1) is 4.70. The fourth-order valence-electron chi connectivity index (χ4n) is 0.976. The first kappa shape index (κ1) is 7.05. The van der Waals surface area contributed by atoms with Gasteiger partial charge in [0.1, 0.15) is 0 Å². The van der Waals surface area contributed by atoms with Gasteiger partial charge in [0.05, 0.1) is 5.92 Å². The van der Waals surface area contributed by atoms with Gasteiger partial charge in [0.2, 0.25) is 11.8 Å². The maximum absolute atomic E-state index is 10.6. The van der Waals surface area contributed by atoms with Crippen LogP contribution in [0.5, 0.6) is 0 Å². The molecular weight excluding hydrogens is 132 g/mol. The maximum atomic E-state index is 10.6. The van der Waals surface area contributed by atoms with Crippen molar-refractivity contribution in [3.63, 3.8) is 0 Å². The topological polar surface area (TPSA) is 72.2 Å². The van der Waals surface area contributed by atoms with E-state index in [0.717, 1.165) is 0 Å². The Bertz CT molecular complexity index is 157. The minimum atomic E-state index is -0.319. The second-order valence-corrected chi connectivity index (χ2v) is 2.44. The zero-order valence-electron chi connectivity index (χ0n) is 5.59. The molecule has 56 valence electrons. The van der Waals surface area contributed by atoms with Gasteiger partial charge >= 0.3 is 0 Å². The molecule has 4 heteroatoms. The van der Waals surface area contributed by atoms with Crippen LogP contribution in [0.15, 0.2) is 0 Å². The summed E-state index contributed by atoms with van der Waals surface area (Å²) in [6, 6.07) is 0. The van der Waals surface area contributed by atoms with Crippen LogP contribution in [-0.4, -0.2) is 18.4 Å². The van der Waals surface area contributed by atoms with Crippen LogP contribution in [0.1, 0.15) is 12.8 Å². The van der Waals surface area contributed by atoms with Crippen LogP contribution in [-0.2, 0) is 9.59 Å². The first-order valence-electron chi connectivity index (χ1n) is 3.26. The number of nitrogens with one attached hydrogen (secondary N) is 1. The van der Waals surface area contributed by atoms with Crippen LogP contribution in [0.4, 0.5) is 0 Å². The van der Waals surface area contributed by atoms with Crippen molar-refractivity contribution in [2.75, 3.05) is 6.54 Å². The molecule has 10 heavy (non-hydrogen) atoms. The average Bonchev–Trinajstić information content (AvgIpc) is 1.88. The lowest BCUT2D eigenvalue weighted by Crippen LogP contribution is -2.40. The van der Waals surface area contributed by atoms with Crippen molar-refractivity contribution < 1.29 is 9.59 Å². The number of primary amides is 1. The molecule has 0 bridgehead atoms. The molecule has 3 N–H and O–H groups in total.